The van der Waals surface area contributed by atoms with Gasteiger partial charge in [-0.15, -0.1) is 0 Å². The second-order valence-corrected chi connectivity index (χ2v) is 5.28. The van der Waals surface area contributed by atoms with Crippen LogP contribution in [0.2, 0.25) is 0 Å². The Morgan fingerprint density at radius 1 is 1.40 bits per heavy atom. The van der Waals surface area contributed by atoms with Gasteiger partial charge in [0.25, 0.3) is 5.91 Å². The van der Waals surface area contributed by atoms with Gasteiger partial charge in [0.1, 0.15) is 5.76 Å². The van der Waals surface area contributed by atoms with Crippen molar-refractivity contribution >= 4 is 11.8 Å². The first-order valence-electron chi connectivity index (χ1n) is 6.82. The first-order chi connectivity index (χ1) is 9.61. The van der Waals surface area contributed by atoms with E-state index in [0.717, 1.165) is 6.42 Å². The summed E-state index contributed by atoms with van der Waals surface area (Å²) in [5.74, 6) is 0.491. The molecule has 0 unspecified atom stereocenters. The topological polar surface area (TPSA) is 71.8 Å². The van der Waals surface area contributed by atoms with Crippen molar-refractivity contribution in [3.8, 4) is 0 Å². The normalized spacial score (nSPS) is 28.5. The first kappa shape index (κ1) is 13.2. The van der Waals surface area contributed by atoms with Gasteiger partial charge in [0.15, 0.2) is 5.76 Å². The van der Waals surface area contributed by atoms with Crippen LogP contribution in [0.15, 0.2) is 16.5 Å². The molecule has 0 aromatic carbocycles. The van der Waals surface area contributed by atoms with Crippen molar-refractivity contribution < 1.29 is 18.7 Å². The molecule has 2 saturated heterocycles. The highest BCUT2D eigenvalue weighted by Gasteiger charge is 2.50. The van der Waals surface area contributed by atoms with Crippen molar-refractivity contribution in [1.82, 2.24) is 10.2 Å². The van der Waals surface area contributed by atoms with E-state index >= 15 is 0 Å². The van der Waals surface area contributed by atoms with Crippen LogP contribution in [-0.4, -0.2) is 49.1 Å². The number of hydrogen-bond acceptors (Lipinski definition) is 4. The minimum atomic E-state index is -0.299. The molecule has 2 aliphatic rings. The maximum atomic E-state index is 12.5. The highest BCUT2D eigenvalue weighted by molar-refractivity contribution is 5.93. The first-order valence-corrected chi connectivity index (χ1v) is 6.82. The zero-order valence-corrected chi connectivity index (χ0v) is 11.6. The molecule has 6 nitrogen and oxygen atoms in total. The summed E-state index contributed by atoms with van der Waals surface area (Å²) in [7, 11) is 1.60. The molecule has 2 amide bonds. The largest absolute Gasteiger partial charge is 0.456 e. The van der Waals surface area contributed by atoms with Crippen LogP contribution in [0.3, 0.4) is 0 Å². The van der Waals surface area contributed by atoms with E-state index in [4.69, 9.17) is 9.15 Å². The van der Waals surface area contributed by atoms with E-state index in [1.807, 2.05) is 0 Å². The van der Waals surface area contributed by atoms with Gasteiger partial charge in [0.05, 0.1) is 18.1 Å². The van der Waals surface area contributed by atoms with Crippen LogP contribution in [0, 0.1) is 12.8 Å². The summed E-state index contributed by atoms with van der Waals surface area (Å²) in [4.78, 5) is 26.1. The van der Waals surface area contributed by atoms with E-state index < -0.39 is 0 Å². The van der Waals surface area contributed by atoms with Crippen molar-refractivity contribution in [3.63, 3.8) is 0 Å². The van der Waals surface area contributed by atoms with Gasteiger partial charge in [-0.2, -0.15) is 0 Å². The Kier molecular flexibility index (Phi) is 3.25. The quantitative estimate of drug-likeness (QED) is 0.858. The van der Waals surface area contributed by atoms with Crippen LogP contribution < -0.4 is 5.32 Å². The number of rotatable bonds is 2. The predicted octanol–water partition coefficient (Wildman–Crippen LogP) is 0.564. The van der Waals surface area contributed by atoms with Crippen LogP contribution in [0.25, 0.3) is 0 Å². The molecule has 0 aliphatic carbocycles. The van der Waals surface area contributed by atoms with E-state index in [2.05, 4.69) is 5.32 Å². The summed E-state index contributed by atoms with van der Waals surface area (Å²) < 4.78 is 11.0. The molecule has 0 radical (unpaired) electrons. The van der Waals surface area contributed by atoms with Crippen LogP contribution >= 0.6 is 0 Å². The van der Waals surface area contributed by atoms with Gasteiger partial charge in [0.2, 0.25) is 5.91 Å². The van der Waals surface area contributed by atoms with Crippen LogP contribution in [0.1, 0.15) is 22.7 Å². The summed E-state index contributed by atoms with van der Waals surface area (Å²) in [6, 6.07) is 3.41. The molecule has 108 valence electrons. The number of likely N-dealkylation sites (tertiary alicyclic amines) is 1. The molecule has 1 N–H and O–H groups in total. The minimum Gasteiger partial charge on any atom is -0.456 e. The molecule has 0 bridgehead atoms. The predicted molar refractivity (Wildman–Crippen MR) is 70.2 cm³/mol. The van der Waals surface area contributed by atoms with Gasteiger partial charge in [-0.05, 0) is 25.5 Å². The molecular weight excluding hydrogens is 260 g/mol. The van der Waals surface area contributed by atoms with Crippen molar-refractivity contribution in [2.75, 3.05) is 20.2 Å². The van der Waals surface area contributed by atoms with Gasteiger partial charge in [-0.25, -0.2) is 0 Å². The number of amides is 2. The average Bonchev–Trinajstić information content (AvgIpc) is 3.12. The molecule has 3 heterocycles. The molecule has 2 aliphatic heterocycles. The van der Waals surface area contributed by atoms with Crippen LogP contribution in [0.5, 0.6) is 0 Å². The third-order valence-corrected chi connectivity index (χ3v) is 4.09. The minimum absolute atomic E-state index is 0.0322. The molecule has 6 heteroatoms. The molecular formula is C14H18N2O4. The van der Waals surface area contributed by atoms with Crippen LogP contribution in [0.4, 0.5) is 0 Å². The molecule has 1 aromatic rings. The number of nitrogens with one attached hydrogen (secondary N) is 1. The lowest BCUT2D eigenvalue weighted by atomic mass is 10.0. The summed E-state index contributed by atoms with van der Waals surface area (Å²) in [5, 5.41) is 2.64. The second-order valence-electron chi connectivity index (χ2n) is 5.28. The zero-order valence-electron chi connectivity index (χ0n) is 11.6. The zero-order chi connectivity index (χ0) is 14.3. The standard InChI is InChI=1S/C14H18N2O4/c1-8-3-4-11(20-8)14(18)16-7-9(13(17)15-2)12-10(16)5-6-19-12/h3-4,9-10,12H,5-7H2,1-2H3,(H,15,17)/t9-,10+,12+/m0/s1. The van der Waals surface area contributed by atoms with Crippen LogP contribution in [-0.2, 0) is 9.53 Å². The monoisotopic (exact) mass is 278 g/mol. The third kappa shape index (κ3) is 2.00. The molecule has 3 atom stereocenters. The fourth-order valence-corrected chi connectivity index (χ4v) is 3.11. The molecule has 0 spiro atoms. The third-order valence-electron chi connectivity index (χ3n) is 4.09. The van der Waals surface area contributed by atoms with Gasteiger partial charge in [-0.1, -0.05) is 0 Å². The average molecular weight is 278 g/mol. The number of furan rings is 1. The Labute approximate surface area is 117 Å². The second kappa shape index (κ2) is 4.94. The number of carbonyl (C=O) groups is 2. The van der Waals surface area contributed by atoms with E-state index in [9.17, 15) is 9.59 Å². The summed E-state index contributed by atoms with van der Waals surface area (Å²) >= 11 is 0. The fraction of sp³-hybridized carbons (Fsp3) is 0.571. The van der Waals surface area contributed by atoms with Crippen molar-refractivity contribution in [1.29, 1.82) is 0 Å². The number of carbonyl (C=O) groups excluding carboxylic acids is 2. The highest BCUT2D eigenvalue weighted by atomic mass is 16.5. The summed E-state index contributed by atoms with van der Waals surface area (Å²) in [6.45, 7) is 2.77. The van der Waals surface area contributed by atoms with E-state index in [1.54, 1.807) is 31.0 Å². The smallest absolute Gasteiger partial charge is 0.289 e. The number of ether oxygens (including phenoxy) is 1. The van der Waals surface area contributed by atoms with Gasteiger partial charge in [0, 0.05) is 20.2 Å². The number of fused-ring (bicyclic) bond motifs is 1. The lowest BCUT2D eigenvalue weighted by Crippen LogP contribution is -2.37. The molecule has 2 fully saturated rings. The van der Waals surface area contributed by atoms with E-state index in [0.29, 0.717) is 24.7 Å². The summed E-state index contributed by atoms with van der Waals surface area (Å²) in [6.07, 6.45) is 0.568. The maximum Gasteiger partial charge on any atom is 0.289 e. The van der Waals surface area contributed by atoms with E-state index in [-0.39, 0.29) is 29.9 Å². The Hall–Kier alpha value is -1.82. The lowest BCUT2D eigenvalue weighted by molar-refractivity contribution is -0.127. The Morgan fingerprint density at radius 3 is 2.85 bits per heavy atom. The molecule has 3 rings (SSSR count). The number of nitrogens with zero attached hydrogens (tertiary/aromatic N) is 1. The van der Waals surface area contributed by atoms with Gasteiger partial charge in [-0.3, -0.25) is 9.59 Å². The molecule has 1 aromatic heterocycles. The number of hydrogen-bond donors (Lipinski definition) is 1. The Balaban J connectivity index is 1.83. The molecule has 0 saturated carbocycles. The fourth-order valence-electron chi connectivity index (χ4n) is 3.11. The van der Waals surface area contributed by atoms with E-state index in [1.165, 1.54) is 0 Å². The SMILES string of the molecule is CNC(=O)[C@H]1CN(C(=O)c2ccc(C)o2)[C@@H]2CCO[C@H]12. The number of aryl methyl sites for hydroxylation is 1. The molecule has 20 heavy (non-hydrogen) atoms. The maximum absolute atomic E-state index is 12.5. The van der Waals surface area contributed by atoms with Crippen molar-refractivity contribution in [3.05, 3.63) is 23.7 Å². The van der Waals surface area contributed by atoms with Gasteiger partial charge >= 0.3 is 0 Å². The Bertz CT molecular complexity index is 539. The van der Waals surface area contributed by atoms with Crippen molar-refractivity contribution in [2.24, 2.45) is 5.92 Å². The van der Waals surface area contributed by atoms with Gasteiger partial charge < -0.3 is 19.4 Å². The highest BCUT2D eigenvalue weighted by Crippen LogP contribution is 2.34. The lowest BCUT2D eigenvalue weighted by Gasteiger charge is -2.21. The van der Waals surface area contributed by atoms with Crippen molar-refractivity contribution in [2.45, 2.75) is 25.5 Å². The Morgan fingerprint density at radius 2 is 2.20 bits per heavy atom. The summed E-state index contributed by atoms with van der Waals surface area (Å²) in [5.41, 5.74) is 0.